The summed E-state index contributed by atoms with van der Waals surface area (Å²) in [5.74, 6) is -2.91. The number of amides is 1. The lowest BCUT2D eigenvalue weighted by molar-refractivity contribution is 0.0982. The van der Waals surface area contributed by atoms with Crippen LogP contribution in [0.3, 0.4) is 0 Å². The highest BCUT2D eigenvalue weighted by Crippen LogP contribution is 2.32. The fraction of sp³-hybridized carbons (Fsp3) is 0.167. The second-order valence-corrected chi connectivity index (χ2v) is 7.86. The quantitative estimate of drug-likeness (QED) is 0.427. The molecule has 2 N–H and O–H groups in total. The van der Waals surface area contributed by atoms with Crippen molar-refractivity contribution in [3.8, 4) is 11.3 Å². The van der Waals surface area contributed by atoms with Gasteiger partial charge in [-0.3, -0.25) is 4.79 Å². The first-order valence-electron chi connectivity index (χ1n) is 8.46. The van der Waals surface area contributed by atoms with Gasteiger partial charge in [-0.05, 0) is 30.7 Å². The minimum absolute atomic E-state index is 0.177. The second kappa shape index (κ2) is 8.06. The molecule has 0 saturated heterocycles. The van der Waals surface area contributed by atoms with Crippen LogP contribution in [0, 0.1) is 11.8 Å². The lowest BCUT2D eigenvalue weighted by atomic mass is 10.1. The average molecular weight is 439 g/mol. The smallest absolute Gasteiger partial charge is 0.404 e. The van der Waals surface area contributed by atoms with E-state index < -0.39 is 50.0 Å². The molecule has 30 heavy (non-hydrogen) atoms. The number of Topliss-reactive ketones (excluding diaryl/α,β-unsaturated/α-hetero) is 1. The number of nitrogens with zero attached hydrogens (tertiary/aromatic N) is 2. The van der Waals surface area contributed by atoms with Crippen molar-refractivity contribution in [2.24, 2.45) is 0 Å². The number of carbonyl (C=O) groups excluding carboxylic acids is 1. The van der Waals surface area contributed by atoms with Gasteiger partial charge in [-0.1, -0.05) is 0 Å². The molecule has 0 aromatic carbocycles. The number of hydrogen-bond acceptors (Lipinski definition) is 6. The van der Waals surface area contributed by atoms with Gasteiger partial charge in [0.05, 0.1) is 5.56 Å². The molecule has 3 rings (SSSR count). The van der Waals surface area contributed by atoms with Gasteiger partial charge in [0.25, 0.3) is 0 Å². The minimum atomic E-state index is -4.56. The summed E-state index contributed by atoms with van der Waals surface area (Å²) in [7, 11) is -4.56. The highest BCUT2D eigenvalue weighted by molar-refractivity contribution is 7.89. The third-order valence-corrected chi connectivity index (χ3v) is 5.64. The SMILES string of the molecule is CC(=O)c1ccc(S(=O)(=O)n2cc(CCNC(=O)O)c(F)c2-c2cccnc2F)o1. The number of aromatic nitrogens is 2. The van der Waals surface area contributed by atoms with E-state index in [1.54, 1.807) is 0 Å². The van der Waals surface area contributed by atoms with Crippen molar-refractivity contribution >= 4 is 21.9 Å². The summed E-state index contributed by atoms with van der Waals surface area (Å²) >= 11 is 0. The maximum Gasteiger partial charge on any atom is 0.404 e. The molecule has 3 aromatic heterocycles. The Morgan fingerprint density at radius 3 is 2.60 bits per heavy atom. The molecule has 0 unspecified atom stereocenters. The summed E-state index contributed by atoms with van der Waals surface area (Å²) in [6, 6.07) is 4.62. The predicted molar refractivity (Wildman–Crippen MR) is 98.6 cm³/mol. The number of hydrogen-bond donors (Lipinski definition) is 2. The molecule has 0 aliphatic rings. The van der Waals surface area contributed by atoms with E-state index in [0.29, 0.717) is 3.97 Å². The average Bonchev–Trinajstić information content (AvgIpc) is 3.29. The topological polar surface area (TPSA) is 132 Å². The Balaban J connectivity index is 2.17. The Kier molecular flexibility index (Phi) is 5.69. The Hall–Kier alpha value is -3.54. The van der Waals surface area contributed by atoms with E-state index in [-0.39, 0.29) is 24.3 Å². The van der Waals surface area contributed by atoms with Gasteiger partial charge < -0.3 is 14.8 Å². The maximum absolute atomic E-state index is 15.1. The lowest BCUT2D eigenvalue weighted by Crippen LogP contribution is -2.23. The van der Waals surface area contributed by atoms with Gasteiger partial charge in [0.2, 0.25) is 11.0 Å². The number of carbonyl (C=O) groups is 2. The third kappa shape index (κ3) is 3.94. The number of halogens is 2. The van der Waals surface area contributed by atoms with Crippen molar-refractivity contribution in [2.75, 3.05) is 6.54 Å². The summed E-state index contributed by atoms with van der Waals surface area (Å²) in [5, 5.41) is 10.0. The van der Waals surface area contributed by atoms with Crippen molar-refractivity contribution < 1.29 is 36.3 Å². The highest BCUT2D eigenvalue weighted by atomic mass is 32.2. The molecule has 0 aliphatic heterocycles. The van der Waals surface area contributed by atoms with Gasteiger partial charge in [-0.2, -0.15) is 12.8 Å². The summed E-state index contributed by atoms with van der Waals surface area (Å²) in [6.07, 6.45) is 0.480. The summed E-state index contributed by atoms with van der Waals surface area (Å²) in [5.41, 5.74) is -1.23. The van der Waals surface area contributed by atoms with Crippen LogP contribution in [0.5, 0.6) is 0 Å². The number of rotatable bonds is 7. The van der Waals surface area contributed by atoms with E-state index in [4.69, 9.17) is 9.52 Å². The molecule has 3 aromatic rings. The van der Waals surface area contributed by atoms with Crippen molar-refractivity contribution in [1.82, 2.24) is 14.3 Å². The number of furan rings is 1. The number of carboxylic acid groups (broad SMARTS) is 1. The van der Waals surface area contributed by atoms with Crippen LogP contribution in [0.4, 0.5) is 13.6 Å². The van der Waals surface area contributed by atoms with Crippen LogP contribution in [0.15, 0.2) is 46.2 Å². The van der Waals surface area contributed by atoms with E-state index in [1.165, 1.54) is 13.0 Å². The molecular formula is C18H15F2N3O6S. The molecule has 0 spiro atoms. The van der Waals surface area contributed by atoms with Crippen LogP contribution in [-0.2, 0) is 16.4 Å². The standard InChI is InChI=1S/C18H15F2N3O6S/c1-10(24)13-4-5-14(29-13)30(27,28)23-9-11(6-8-22-18(25)26)15(19)16(23)12-3-2-7-21-17(12)20/h2-5,7,9,22H,6,8H2,1H3,(H,25,26). The normalized spacial score (nSPS) is 11.4. The Morgan fingerprint density at radius 2 is 2.00 bits per heavy atom. The van der Waals surface area contributed by atoms with Crippen LogP contribution < -0.4 is 5.32 Å². The molecule has 1 amide bonds. The van der Waals surface area contributed by atoms with Crippen molar-refractivity contribution in [1.29, 1.82) is 0 Å². The molecule has 12 heteroatoms. The van der Waals surface area contributed by atoms with Gasteiger partial charge in [-0.15, -0.1) is 0 Å². The fourth-order valence-corrected chi connectivity index (χ4v) is 4.04. The van der Waals surface area contributed by atoms with Gasteiger partial charge in [-0.25, -0.2) is 18.1 Å². The van der Waals surface area contributed by atoms with E-state index >= 15 is 4.39 Å². The van der Waals surface area contributed by atoms with Crippen molar-refractivity contribution in [3.05, 3.63) is 59.7 Å². The summed E-state index contributed by atoms with van der Waals surface area (Å²) in [6.45, 7) is 0.967. The van der Waals surface area contributed by atoms with E-state index in [1.807, 2.05) is 5.32 Å². The Labute approximate surface area is 169 Å². The molecule has 3 heterocycles. The first-order chi connectivity index (χ1) is 14.1. The molecule has 0 saturated carbocycles. The molecule has 0 bridgehead atoms. The molecular weight excluding hydrogens is 424 g/mol. The number of ketones is 1. The van der Waals surface area contributed by atoms with E-state index in [2.05, 4.69) is 4.98 Å². The monoisotopic (exact) mass is 439 g/mol. The van der Waals surface area contributed by atoms with Crippen LogP contribution in [0.2, 0.25) is 0 Å². The zero-order valence-electron chi connectivity index (χ0n) is 15.4. The van der Waals surface area contributed by atoms with Crippen LogP contribution in [0.25, 0.3) is 11.3 Å². The highest BCUT2D eigenvalue weighted by Gasteiger charge is 2.30. The van der Waals surface area contributed by atoms with Crippen LogP contribution in [-0.4, -0.2) is 40.9 Å². The first kappa shape index (κ1) is 21.2. The molecule has 0 aliphatic carbocycles. The predicted octanol–water partition coefficient (Wildman–Crippen LogP) is 2.67. The Bertz CT molecular complexity index is 1230. The molecule has 0 fully saturated rings. The molecule has 158 valence electrons. The third-order valence-electron chi connectivity index (χ3n) is 4.11. The van der Waals surface area contributed by atoms with Crippen LogP contribution >= 0.6 is 0 Å². The largest absolute Gasteiger partial charge is 0.465 e. The van der Waals surface area contributed by atoms with Crippen molar-refractivity contribution in [2.45, 2.75) is 18.4 Å². The Morgan fingerprint density at radius 1 is 1.27 bits per heavy atom. The summed E-state index contributed by atoms with van der Waals surface area (Å²) < 4.78 is 61.1. The van der Waals surface area contributed by atoms with Gasteiger partial charge in [0.15, 0.2) is 17.4 Å². The first-order valence-corrected chi connectivity index (χ1v) is 9.90. The maximum atomic E-state index is 15.1. The zero-order valence-corrected chi connectivity index (χ0v) is 16.2. The van der Waals surface area contributed by atoms with E-state index in [9.17, 15) is 22.4 Å². The minimum Gasteiger partial charge on any atom is -0.465 e. The van der Waals surface area contributed by atoms with Gasteiger partial charge in [0.1, 0.15) is 5.69 Å². The number of nitrogens with one attached hydrogen (secondary N) is 1. The van der Waals surface area contributed by atoms with Crippen molar-refractivity contribution in [3.63, 3.8) is 0 Å². The van der Waals surface area contributed by atoms with Gasteiger partial charge in [0, 0.05) is 31.4 Å². The van der Waals surface area contributed by atoms with E-state index in [0.717, 1.165) is 30.6 Å². The molecule has 9 nitrogen and oxygen atoms in total. The van der Waals surface area contributed by atoms with Gasteiger partial charge >= 0.3 is 16.1 Å². The van der Waals surface area contributed by atoms with Crippen LogP contribution in [0.1, 0.15) is 23.0 Å². The molecule has 0 atom stereocenters. The summed E-state index contributed by atoms with van der Waals surface area (Å²) in [4.78, 5) is 25.4. The second-order valence-electron chi connectivity index (χ2n) is 6.12. The molecule has 0 radical (unpaired) electrons. The fourth-order valence-electron chi connectivity index (χ4n) is 2.72. The lowest BCUT2D eigenvalue weighted by Gasteiger charge is -2.09. The zero-order chi connectivity index (χ0) is 22.1. The number of pyridine rings is 1.